The molecule has 1 aliphatic carbocycles. The Hall–Kier alpha value is -1.10. The molecule has 2 unspecified atom stereocenters. The van der Waals surface area contributed by atoms with E-state index >= 15 is 0 Å². The second-order valence-electron chi connectivity index (χ2n) is 4.07. The molecule has 1 fully saturated rings. The second kappa shape index (κ2) is 3.96. The Labute approximate surface area is 83.0 Å². The molecule has 5 heteroatoms. The first-order valence-electron chi connectivity index (χ1n) is 5.10. The standard InChI is InChI=1S/C9H16N4O/c1-6-3-2-4-7(5-6)8-11-9(12-10)14-13-8/h6-7H,2-5,10H2,1H3,(H,11,12,13). The highest BCUT2D eigenvalue weighted by atomic mass is 16.5. The molecular formula is C9H16N4O. The van der Waals surface area contributed by atoms with Crippen molar-refractivity contribution in [1.82, 2.24) is 10.1 Å². The van der Waals surface area contributed by atoms with E-state index in [4.69, 9.17) is 10.4 Å². The number of nitrogens with two attached hydrogens (primary N) is 1. The van der Waals surface area contributed by atoms with E-state index in [2.05, 4.69) is 22.5 Å². The Balaban J connectivity index is 2.06. The van der Waals surface area contributed by atoms with Crippen molar-refractivity contribution in [2.75, 3.05) is 5.43 Å². The maximum absolute atomic E-state index is 5.17. The summed E-state index contributed by atoms with van der Waals surface area (Å²) < 4.78 is 4.91. The quantitative estimate of drug-likeness (QED) is 0.555. The second-order valence-corrected chi connectivity index (χ2v) is 4.07. The normalized spacial score (nSPS) is 27.6. The number of nitrogens with one attached hydrogen (secondary N) is 1. The van der Waals surface area contributed by atoms with Crippen molar-refractivity contribution in [3.63, 3.8) is 0 Å². The highest BCUT2D eigenvalue weighted by molar-refractivity contribution is 5.16. The van der Waals surface area contributed by atoms with Crippen molar-refractivity contribution in [2.45, 2.75) is 38.5 Å². The number of aromatic nitrogens is 2. The zero-order valence-corrected chi connectivity index (χ0v) is 8.36. The first-order valence-corrected chi connectivity index (χ1v) is 5.10. The molecule has 2 rings (SSSR count). The fraction of sp³-hybridized carbons (Fsp3) is 0.778. The van der Waals surface area contributed by atoms with Gasteiger partial charge in [-0.25, -0.2) is 5.84 Å². The zero-order chi connectivity index (χ0) is 9.97. The van der Waals surface area contributed by atoms with Gasteiger partial charge in [0.05, 0.1) is 0 Å². The summed E-state index contributed by atoms with van der Waals surface area (Å²) in [5.41, 5.74) is 2.36. The van der Waals surface area contributed by atoms with Crippen molar-refractivity contribution in [2.24, 2.45) is 11.8 Å². The van der Waals surface area contributed by atoms with Crippen LogP contribution in [0.2, 0.25) is 0 Å². The Morgan fingerprint density at radius 3 is 3.00 bits per heavy atom. The van der Waals surface area contributed by atoms with E-state index in [1.165, 1.54) is 12.8 Å². The Morgan fingerprint density at radius 2 is 2.36 bits per heavy atom. The number of hydrogen-bond acceptors (Lipinski definition) is 5. The lowest BCUT2D eigenvalue weighted by Gasteiger charge is -2.23. The van der Waals surface area contributed by atoms with Crippen LogP contribution in [-0.4, -0.2) is 10.1 Å². The first kappa shape index (κ1) is 9.45. The molecule has 1 heterocycles. The van der Waals surface area contributed by atoms with Crippen LogP contribution < -0.4 is 11.3 Å². The Kier molecular flexibility index (Phi) is 2.67. The van der Waals surface area contributed by atoms with Gasteiger partial charge in [0.15, 0.2) is 5.82 Å². The maximum Gasteiger partial charge on any atom is 0.335 e. The van der Waals surface area contributed by atoms with Crippen LogP contribution in [-0.2, 0) is 0 Å². The van der Waals surface area contributed by atoms with Crippen LogP contribution in [0.3, 0.4) is 0 Å². The minimum absolute atomic E-state index is 0.304. The summed E-state index contributed by atoms with van der Waals surface area (Å²) in [5, 5.41) is 3.92. The van der Waals surface area contributed by atoms with Crippen molar-refractivity contribution >= 4 is 6.01 Å². The highest BCUT2D eigenvalue weighted by Crippen LogP contribution is 2.34. The number of hydrogen-bond donors (Lipinski definition) is 2. The molecule has 0 spiro atoms. The third-order valence-electron chi connectivity index (χ3n) is 2.87. The van der Waals surface area contributed by atoms with Gasteiger partial charge >= 0.3 is 6.01 Å². The molecule has 2 atom stereocenters. The van der Waals surface area contributed by atoms with Crippen LogP contribution in [0.25, 0.3) is 0 Å². The SMILES string of the molecule is CC1CCCC(c2noc(NN)n2)C1. The average Bonchev–Trinajstić information content (AvgIpc) is 2.66. The Bertz CT molecular complexity index is 299. The molecule has 0 bridgehead atoms. The van der Waals surface area contributed by atoms with Crippen molar-refractivity contribution in [1.29, 1.82) is 0 Å². The average molecular weight is 196 g/mol. The van der Waals surface area contributed by atoms with E-state index in [1.807, 2.05) is 0 Å². The molecule has 0 amide bonds. The minimum Gasteiger partial charge on any atom is -0.314 e. The molecular weight excluding hydrogens is 180 g/mol. The smallest absolute Gasteiger partial charge is 0.314 e. The van der Waals surface area contributed by atoms with E-state index in [0.29, 0.717) is 11.9 Å². The molecule has 1 aromatic rings. The lowest BCUT2D eigenvalue weighted by molar-refractivity contribution is 0.324. The van der Waals surface area contributed by atoms with Gasteiger partial charge < -0.3 is 4.52 Å². The molecule has 1 aromatic heterocycles. The van der Waals surface area contributed by atoms with Crippen molar-refractivity contribution < 1.29 is 4.52 Å². The van der Waals surface area contributed by atoms with E-state index in [0.717, 1.165) is 24.6 Å². The molecule has 1 aliphatic rings. The van der Waals surface area contributed by atoms with Crippen molar-refractivity contribution in [3.05, 3.63) is 5.82 Å². The summed E-state index contributed by atoms with van der Waals surface area (Å²) in [5.74, 6) is 7.18. The van der Waals surface area contributed by atoms with Gasteiger partial charge in [0.2, 0.25) is 0 Å². The van der Waals surface area contributed by atoms with Crippen LogP contribution in [0.15, 0.2) is 4.52 Å². The molecule has 1 saturated carbocycles. The molecule has 78 valence electrons. The van der Waals surface area contributed by atoms with Crippen LogP contribution in [0.5, 0.6) is 0 Å². The van der Waals surface area contributed by atoms with Gasteiger partial charge in [0, 0.05) is 5.92 Å². The largest absolute Gasteiger partial charge is 0.335 e. The summed E-state index contributed by atoms with van der Waals surface area (Å²) >= 11 is 0. The number of rotatable bonds is 2. The van der Waals surface area contributed by atoms with Crippen LogP contribution in [0.4, 0.5) is 6.01 Å². The van der Waals surface area contributed by atoms with Crippen LogP contribution >= 0.6 is 0 Å². The molecule has 0 saturated heterocycles. The number of nitrogens with zero attached hydrogens (tertiary/aromatic N) is 2. The van der Waals surface area contributed by atoms with Gasteiger partial charge in [-0.05, 0) is 18.8 Å². The van der Waals surface area contributed by atoms with Gasteiger partial charge in [-0.2, -0.15) is 4.98 Å². The van der Waals surface area contributed by atoms with Gasteiger partial charge in [-0.3, -0.25) is 5.43 Å². The zero-order valence-electron chi connectivity index (χ0n) is 8.36. The molecule has 3 N–H and O–H groups in total. The molecule has 5 nitrogen and oxygen atoms in total. The predicted molar refractivity (Wildman–Crippen MR) is 52.5 cm³/mol. The van der Waals surface area contributed by atoms with E-state index in [1.54, 1.807) is 0 Å². The fourth-order valence-corrected chi connectivity index (χ4v) is 2.13. The molecule has 14 heavy (non-hydrogen) atoms. The summed E-state index contributed by atoms with van der Waals surface area (Å²) in [6.07, 6.45) is 4.89. The monoisotopic (exact) mass is 196 g/mol. The predicted octanol–water partition coefficient (Wildman–Crippen LogP) is 1.65. The minimum atomic E-state index is 0.304. The summed E-state index contributed by atoms with van der Waals surface area (Å²) in [6, 6.07) is 0.304. The third-order valence-corrected chi connectivity index (χ3v) is 2.87. The van der Waals surface area contributed by atoms with E-state index in [-0.39, 0.29) is 0 Å². The maximum atomic E-state index is 5.17. The Morgan fingerprint density at radius 1 is 1.50 bits per heavy atom. The van der Waals surface area contributed by atoms with E-state index in [9.17, 15) is 0 Å². The number of hydrazine groups is 1. The van der Waals surface area contributed by atoms with Crippen molar-refractivity contribution in [3.8, 4) is 0 Å². The molecule has 0 radical (unpaired) electrons. The van der Waals surface area contributed by atoms with Crippen LogP contribution in [0, 0.1) is 5.92 Å². The summed E-state index contributed by atoms with van der Waals surface area (Å²) in [6.45, 7) is 2.27. The fourth-order valence-electron chi connectivity index (χ4n) is 2.13. The van der Waals surface area contributed by atoms with Gasteiger partial charge in [-0.1, -0.05) is 24.9 Å². The van der Waals surface area contributed by atoms with Crippen LogP contribution in [0.1, 0.15) is 44.3 Å². The molecule has 0 aliphatic heterocycles. The molecule has 0 aromatic carbocycles. The number of nitrogen functional groups attached to an aromatic ring is 1. The highest BCUT2D eigenvalue weighted by Gasteiger charge is 2.24. The summed E-state index contributed by atoms with van der Waals surface area (Å²) in [7, 11) is 0. The van der Waals surface area contributed by atoms with Gasteiger partial charge in [0.25, 0.3) is 0 Å². The number of anilines is 1. The lowest BCUT2D eigenvalue weighted by Crippen LogP contribution is -2.13. The van der Waals surface area contributed by atoms with Gasteiger partial charge in [-0.15, -0.1) is 0 Å². The lowest BCUT2D eigenvalue weighted by atomic mass is 9.82. The summed E-state index contributed by atoms with van der Waals surface area (Å²) in [4.78, 5) is 4.17. The third kappa shape index (κ3) is 1.87. The van der Waals surface area contributed by atoms with E-state index < -0.39 is 0 Å². The first-order chi connectivity index (χ1) is 6.79. The topological polar surface area (TPSA) is 77.0 Å². The van der Waals surface area contributed by atoms with Gasteiger partial charge in [0.1, 0.15) is 0 Å².